The fourth-order valence-electron chi connectivity index (χ4n) is 6.52. The van der Waals surface area contributed by atoms with Gasteiger partial charge < -0.3 is 0 Å². The largest absolute Gasteiger partial charge is 0.219 e. The summed E-state index contributed by atoms with van der Waals surface area (Å²) in [5.74, 6) is 0. The van der Waals surface area contributed by atoms with Crippen molar-refractivity contribution in [3.8, 4) is 58.7 Å². The number of benzene rings is 5. The Bertz CT molecular complexity index is 2790. The predicted octanol–water partition coefficient (Wildman–Crippen LogP) is 6.75. The summed E-state index contributed by atoms with van der Waals surface area (Å²) in [4.78, 5) is -0.330. The Morgan fingerprint density at radius 1 is 0.365 bits per heavy atom. The summed E-state index contributed by atoms with van der Waals surface area (Å²) in [6.45, 7) is 0. The van der Waals surface area contributed by atoms with E-state index in [0.29, 0.717) is 44.5 Å². The van der Waals surface area contributed by atoms with E-state index in [2.05, 4.69) is 0 Å². The molecule has 0 amide bonds. The molecule has 0 atom stereocenters. The van der Waals surface area contributed by atoms with Crippen molar-refractivity contribution in [3.05, 3.63) is 142 Å². The van der Waals surface area contributed by atoms with Gasteiger partial charge in [-0.25, -0.2) is 16.8 Å². The summed E-state index contributed by atoms with van der Waals surface area (Å²) >= 11 is 0. The van der Waals surface area contributed by atoms with Crippen LogP contribution in [0.15, 0.2) is 128 Å². The SMILES string of the molecule is N#CC(C#N)=C1c2cc(S(=O)(=O)c3ccc(C#N)cc3)ccc2-c2cc3c(cc21)-c1ccc(S(=O)(=O)c2ccc(C#N)cc2)cc1C3=C(C#N)C#N. The molecular formula is C40H16N6O4S2. The number of hydrogen-bond donors (Lipinski definition) is 0. The molecule has 0 heterocycles. The summed E-state index contributed by atoms with van der Waals surface area (Å²) in [5.41, 5.74) is 3.84. The minimum atomic E-state index is -4.09. The van der Waals surface area contributed by atoms with Gasteiger partial charge in [0.15, 0.2) is 0 Å². The zero-order chi connectivity index (χ0) is 36.9. The standard InChI is InChI=1S/C40H16N6O4S2/c41-17-23-1-5-27(6-2-23)51(47,48)29-9-11-31-33-15-38-34(16-37(33)39(35(31)13-29)25(19-43)20-44)32-12-10-30(14-36(32)40(38)26(21-45)22-46)52(49,50)28-7-3-24(18-42)4-8-28/h1-16H. The predicted molar refractivity (Wildman–Crippen MR) is 185 cm³/mol. The molecule has 0 fully saturated rings. The zero-order valence-corrected chi connectivity index (χ0v) is 28.0. The van der Waals surface area contributed by atoms with Crippen LogP contribution >= 0.6 is 0 Å². The topological polar surface area (TPSA) is 211 Å². The summed E-state index contributed by atoms with van der Waals surface area (Å²) < 4.78 is 54.7. The first-order valence-corrected chi connectivity index (χ1v) is 18.1. The maximum absolute atomic E-state index is 13.7. The lowest BCUT2D eigenvalue weighted by Crippen LogP contribution is -2.03. The average molecular weight is 709 g/mol. The van der Waals surface area contributed by atoms with E-state index < -0.39 is 19.7 Å². The molecule has 5 aromatic rings. The van der Waals surface area contributed by atoms with Crippen LogP contribution in [0.4, 0.5) is 0 Å². The van der Waals surface area contributed by atoms with E-state index in [0.717, 1.165) is 0 Å². The zero-order valence-electron chi connectivity index (χ0n) is 26.4. The van der Waals surface area contributed by atoms with Crippen molar-refractivity contribution in [2.45, 2.75) is 19.6 Å². The number of rotatable bonds is 4. The van der Waals surface area contributed by atoms with Gasteiger partial charge in [0, 0.05) is 11.1 Å². The third-order valence-corrected chi connectivity index (χ3v) is 12.5. The van der Waals surface area contributed by atoms with Crippen molar-refractivity contribution in [3.63, 3.8) is 0 Å². The Labute approximate surface area is 298 Å². The molecule has 0 N–H and O–H groups in total. The molecule has 52 heavy (non-hydrogen) atoms. The lowest BCUT2D eigenvalue weighted by molar-refractivity contribution is 0.594. The molecule has 0 aromatic heterocycles. The molecule has 0 saturated heterocycles. The van der Waals surface area contributed by atoms with Crippen molar-refractivity contribution >= 4 is 30.8 Å². The number of hydrogen-bond acceptors (Lipinski definition) is 10. The van der Waals surface area contributed by atoms with Crippen LogP contribution in [-0.2, 0) is 19.7 Å². The van der Waals surface area contributed by atoms with E-state index in [1.807, 2.05) is 36.4 Å². The molecule has 0 saturated carbocycles. The minimum absolute atomic E-state index is 0.0558. The van der Waals surface area contributed by atoms with Gasteiger partial charge >= 0.3 is 0 Å². The van der Waals surface area contributed by atoms with Crippen LogP contribution in [0.1, 0.15) is 33.4 Å². The van der Waals surface area contributed by atoms with Crippen molar-refractivity contribution in [1.82, 2.24) is 0 Å². The monoisotopic (exact) mass is 708 g/mol. The van der Waals surface area contributed by atoms with E-state index in [1.165, 1.54) is 72.8 Å². The Kier molecular flexibility index (Phi) is 7.65. The summed E-state index contributed by atoms with van der Waals surface area (Å²) in [7, 11) is -8.19. The van der Waals surface area contributed by atoms with Gasteiger partial charge in [0.2, 0.25) is 19.7 Å². The Hall–Kier alpha value is -7.58. The van der Waals surface area contributed by atoms with Crippen LogP contribution in [0.5, 0.6) is 0 Å². The highest BCUT2D eigenvalue weighted by Crippen LogP contribution is 2.54. The maximum Gasteiger partial charge on any atom is 0.206 e. The molecule has 0 unspecified atom stereocenters. The molecule has 242 valence electrons. The van der Waals surface area contributed by atoms with Crippen LogP contribution in [-0.4, -0.2) is 16.8 Å². The molecule has 0 aliphatic heterocycles. The molecule has 5 aromatic carbocycles. The summed E-state index contributed by atoms with van der Waals surface area (Å²) in [6, 6.07) is 34.4. The van der Waals surface area contributed by atoms with Crippen LogP contribution in [0.25, 0.3) is 33.4 Å². The van der Waals surface area contributed by atoms with Gasteiger partial charge in [0.1, 0.15) is 35.4 Å². The molecule has 0 radical (unpaired) electrons. The van der Waals surface area contributed by atoms with Gasteiger partial charge in [-0.3, -0.25) is 0 Å². The number of nitriles is 6. The number of sulfone groups is 2. The molecule has 12 heteroatoms. The average Bonchev–Trinajstić information content (AvgIpc) is 3.66. The van der Waals surface area contributed by atoms with E-state index in [-0.39, 0.29) is 53.0 Å². The fourth-order valence-corrected chi connectivity index (χ4v) is 9.09. The van der Waals surface area contributed by atoms with Gasteiger partial charge in [0.05, 0.1) is 42.8 Å². The molecule has 7 rings (SSSR count). The van der Waals surface area contributed by atoms with Crippen LogP contribution in [0.3, 0.4) is 0 Å². The second-order valence-electron chi connectivity index (χ2n) is 11.6. The third-order valence-electron chi connectivity index (χ3n) is 8.95. The lowest BCUT2D eigenvalue weighted by atomic mass is 9.93. The molecular weight excluding hydrogens is 693 g/mol. The van der Waals surface area contributed by atoms with Crippen molar-refractivity contribution in [2.24, 2.45) is 0 Å². The molecule has 2 aliphatic rings. The highest BCUT2D eigenvalue weighted by atomic mass is 32.2. The van der Waals surface area contributed by atoms with Gasteiger partial charge in [-0.05, 0) is 129 Å². The van der Waals surface area contributed by atoms with Gasteiger partial charge in [0.25, 0.3) is 0 Å². The van der Waals surface area contributed by atoms with Crippen molar-refractivity contribution in [2.75, 3.05) is 0 Å². The second-order valence-corrected chi connectivity index (χ2v) is 15.5. The van der Waals surface area contributed by atoms with Crippen LogP contribution in [0, 0.1) is 68.0 Å². The number of allylic oxidation sites excluding steroid dienone is 2. The smallest absolute Gasteiger partial charge is 0.206 e. The van der Waals surface area contributed by atoms with Crippen LogP contribution in [0.2, 0.25) is 0 Å². The normalized spacial score (nSPS) is 12.0. The third kappa shape index (κ3) is 4.86. The Morgan fingerprint density at radius 2 is 0.673 bits per heavy atom. The fraction of sp³-hybridized carbons (Fsp3) is 0. The minimum Gasteiger partial charge on any atom is -0.219 e. The Balaban J connectivity index is 1.44. The van der Waals surface area contributed by atoms with Crippen molar-refractivity contribution < 1.29 is 16.8 Å². The van der Waals surface area contributed by atoms with E-state index in [1.54, 1.807) is 24.3 Å². The van der Waals surface area contributed by atoms with Gasteiger partial charge in [-0.2, -0.15) is 31.6 Å². The van der Waals surface area contributed by atoms with Crippen LogP contribution < -0.4 is 0 Å². The van der Waals surface area contributed by atoms with Gasteiger partial charge in [-0.15, -0.1) is 0 Å². The highest BCUT2D eigenvalue weighted by Gasteiger charge is 2.35. The first-order chi connectivity index (χ1) is 25.0. The number of nitrogens with zero attached hydrogens (tertiary/aromatic N) is 6. The first-order valence-electron chi connectivity index (χ1n) is 15.1. The number of fused-ring (bicyclic) bond motifs is 6. The maximum atomic E-state index is 13.7. The van der Waals surface area contributed by atoms with E-state index >= 15 is 0 Å². The summed E-state index contributed by atoms with van der Waals surface area (Å²) in [6.07, 6.45) is 0. The quantitative estimate of drug-likeness (QED) is 0.175. The summed E-state index contributed by atoms with van der Waals surface area (Å²) in [5, 5.41) is 58.4. The molecule has 0 spiro atoms. The van der Waals surface area contributed by atoms with Crippen molar-refractivity contribution in [1.29, 1.82) is 31.6 Å². The lowest BCUT2D eigenvalue weighted by Gasteiger charge is -2.09. The first kappa shape index (κ1) is 32.9. The molecule has 10 nitrogen and oxygen atoms in total. The van der Waals surface area contributed by atoms with E-state index in [9.17, 15) is 37.9 Å². The Morgan fingerprint density at radius 3 is 0.981 bits per heavy atom. The van der Waals surface area contributed by atoms with Gasteiger partial charge in [-0.1, -0.05) is 12.1 Å². The highest BCUT2D eigenvalue weighted by molar-refractivity contribution is 7.91. The molecule has 0 bridgehead atoms. The molecule has 2 aliphatic carbocycles. The van der Waals surface area contributed by atoms with E-state index in [4.69, 9.17) is 10.5 Å². The second kappa shape index (κ2) is 12.1.